The van der Waals surface area contributed by atoms with Crippen molar-refractivity contribution in [1.82, 2.24) is 0 Å². The van der Waals surface area contributed by atoms with Crippen LogP contribution in [0.2, 0.25) is 0 Å². The smallest absolute Gasteiger partial charge is 0.374 e. The molecule has 0 heterocycles. The van der Waals surface area contributed by atoms with Crippen molar-refractivity contribution in [2.24, 2.45) is 0 Å². The van der Waals surface area contributed by atoms with Gasteiger partial charge in [-0.05, 0) is 25.8 Å². The lowest BCUT2D eigenvalue weighted by Crippen LogP contribution is -2.13. The van der Waals surface area contributed by atoms with Crippen molar-refractivity contribution < 1.29 is 19.1 Å². The molecular weight excluding hydrogens is 208 g/mol. The molecule has 0 aromatic heterocycles. The second-order valence-electron chi connectivity index (χ2n) is 3.06. The molecule has 0 spiro atoms. The van der Waals surface area contributed by atoms with E-state index in [1.165, 1.54) is 0 Å². The fourth-order valence-corrected chi connectivity index (χ4v) is 0.956. The zero-order chi connectivity index (χ0) is 12.4. The number of hydrogen-bond donors (Lipinski definition) is 0. The molecule has 90 valence electrons. The Hall–Kier alpha value is -1.58. The highest BCUT2D eigenvalue weighted by molar-refractivity contribution is 5.92. The highest BCUT2D eigenvalue weighted by Crippen LogP contribution is 2.06. The average molecular weight is 226 g/mol. The van der Waals surface area contributed by atoms with Gasteiger partial charge >= 0.3 is 11.9 Å². The minimum Gasteiger partial charge on any atom is -0.460 e. The van der Waals surface area contributed by atoms with Crippen LogP contribution in [0.3, 0.4) is 0 Å². The van der Waals surface area contributed by atoms with Gasteiger partial charge in [0.05, 0.1) is 6.61 Å². The molecule has 0 atom stereocenters. The number of allylic oxidation sites excluding steroid dienone is 1. The molecule has 0 aliphatic heterocycles. The summed E-state index contributed by atoms with van der Waals surface area (Å²) in [5, 5.41) is 0. The Morgan fingerprint density at radius 3 is 2.50 bits per heavy atom. The first-order valence-corrected chi connectivity index (χ1v) is 5.37. The molecule has 0 aromatic rings. The van der Waals surface area contributed by atoms with Crippen molar-refractivity contribution in [2.75, 3.05) is 6.61 Å². The number of carbonyl (C=O) groups excluding carboxylic acids is 2. The first kappa shape index (κ1) is 14.4. The molecule has 0 amide bonds. The molecule has 0 fully saturated rings. The summed E-state index contributed by atoms with van der Waals surface area (Å²) in [4.78, 5) is 22.4. The van der Waals surface area contributed by atoms with E-state index in [0.717, 1.165) is 18.9 Å². The Labute approximate surface area is 95.9 Å². The Kier molecular flexibility index (Phi) is 7.85. The lowest BCUT2D eigenvalue weighted by atomic mass is 10.2. The van der Waals surface area contributed by atoms with Crippen LogP contribution in [0.1, 0.15) is 33.1 Å². The lowest BCUT2D eigenvalue weighted by molar-refractivity contribution is -0.148. The number of esters is 2. The fourth-order valence-electron chi connectivity index (χ4n) is 0.956. The molecule has 4 nitrogen and oxygen atoms in total. The lowest BCUT2D eigenvalue weighted by Gasteiger charge is -2.06. The van der Waals surface area contributed by atoms with Crippen molar-refractivity contribution in [3.05, 3.63) is 24.5 Å². The number of unbranched alkanes of at least 4 members (excludes halogenated alkanes) is 2. The van der Waals surface area contributed by atoms with Crippen LogP contribution in [0.4, 0.5) is 0 Å². The molecule has 0 radical (unpaired) electrons. The van der Waals surface area contributed by atoms with Crippen LogP contribution >= 0.6 is 0 Å². The molecule has 0 N–H and O–H groups in total. The van der Waals surface area contributed by atoms with Gasteiger partial charge in [0.2, 0.25) is 5.76 Å². The third-order valence-electron chi connectivity index (χ3n) is 1.74. The van der Waals surface area contributed by atoms with Crippen molar-refractivity contribution >= 4 is 11.9 Å². The number of ether oxygens (including phenoxy) is 2. The van der Waals surface area contributed by atoms with Gasteiger partial charge in [-0.2, -0.15) is 0 Å². The van der Waals surface area contributed by atoms with Crippen LogP contribution in [-0.4, -0.2) is 18.5 Å². The summed E-state index contributed by atoms with van der Waals surface area (Å²) in [6, 6.07) is 0. The first-order chi connectivity index (χ1) is 7.65. The van der Waals surface area contributed by atoms with E-state index in [-0.39, 0.29) is 12.4 Å². The fraction of sp³-hybridized carbons (Fsp3) is 0.500. The van der Waals surface area contributed by atoms with E-state index in [4.69, 9.17) is 9.47 Å². The SMILES string of the molecule is C=CC(=O)O/C(=C/CCCC)C(=O)OCC. The number of rotatable bonds is 7. The summed E-state index contributed by atoms with van der Waals surface area (Å²) in [7, 11) is 0. The van der Waals surface area contributed by atoms with Crippen molar-refractivity contribution in [3.8, 4) is 0 Å². The Bertz CT molecular complexity index is 279. The van der Waals surface area contributed by atoms with Gasteiger partial charge < -0.3 is 9.47 Å². The van der Waals surface area contributed by atoms with Gasteiger partial charge in [0.1, 0.15) is 0 Å². The molecule has 0 aromatic carbocycles. The predicted molar refractivity (Wildman–Crippen MR) is 60.5 cm³/mol. The molecule has 0 saturated heterocycles. The minimum atomic E-state index is -0.657. The molecule has 4 heteroatoms. The van der Waals surface area contributed by atoms with Crippen LogP contribution in [-0.2, 0) is 19.1 Å². The third kappa shape index (κ3) is 6.01. The quantitative estimate of drug-likeness (QED) is 0.289. The van der Waals surface area contributed by atoms with Gasteiger partial charge in [-0.3, -0.25) is 0 Å². The van der Waals surface area contributed by atoms with Gasteiger partial charge in [0.25, 0.3) is 0 Å². The largest absolute Gasteiger partial charge is 0.460 e. The highest BCUT2D eigenvalue weighted by atomic mass is 16.6. The van der Waals surface area contributed by atoms with E-state index < -0.39 is 11.9 Å². The molecule has 0 saturated carbocycles. The zero-order valence-electron chi connectivity index (χ0n) is 9.82. The second kappa shape index (κ2) is 8.71. The van der Waals surface area contributed by atoms with Crippen molar-refractivity contribution in [1.29, 1.82) is 0 Å². The first-order valence-electron chi connectivity index (χ1n) is 5.37. The maximum absolute atomic E-state index is 11.4. The highest BCUT2D eigenvalue weighted by Gasteiger charge is 2.14. The monoisotopic (exact) mass is 226 g/mol. The predicted octanol–water partition coefficient (Wildman–Crippen LogP) is 2.35. The second-order valence-corrected chi connectivity index (χ2v) is 3.06. The van der Waals surface area contributed by atoms with Crippen LogP contribution in [0, 0.1) is 0 Å². The van der Waals surface area contributed by atoms with Gasteiger partial charge in [-0.25, -0.2) is 9.59 Å². The van der Waals surface area contributed by atoms with E-state index in [2.05, 4.69) is 6.58 Å². The Morgan fingerprint density at radius 1 is 1.31 bits per heavy atom. The van der Waals surface area contributed by atoms with Crippen molar-refractivity contribution in [2.45, 2.75) is 33.1 Å². The van der Waals surface area contributed by atoms with Crippen LogP contribution in [0.15, 0.2) is 24.5 Å². The van der Waals surface area contributed by atoms with Gasteiger partial charge in [-0.1, -0.05) is 19.9 Å². The topological polar surface area (TPSA) is 52.6 Å². The van der Waals surface area contributed by atoms with E-state index in [0.29, 0.717) is 6.42 Å². The normalized spacial score (nSPS) is 10.8. The Morgan fingerprint density at radius 2 is 2.00 bits per heavy atom. The Balaban J connectivity index is 4.48. The summed E-state index contributed by atoms with van der Waals surface area (Å²) in [5.74, 6) is -1.33. The molecule has 16 heavy (non-hydrogen) atoms. The molecule has 0 aliphatic carbocycles. The van der Waals surface area contributed by atoms with E-state index in [9.17, 15) is 9.59 Å². The van der Waals surface area contributed by atoms with Gasteiger partial charge in [-0.15, -0.1) is 0 Å². The maximum Gasteiger partial charge on any atom is 0.374 e. The minimum absolute atomic E-state index is 0.0554. The van der Waals surface area contributed by atoms with Crippen molar-refractivity contribution in [3.63, 3.8) is 0 Å². The van der Waals surface area contributed by atoms with Gasteiger partial charge in [0.15, 0.2) is 0 Å². The number of carbonyl (C=O) groups is 2. The zero-order valence-corrected chi connectivity index (χ0v) is 9.82. The maximum atomic E-state index is 11.4. The molecule has 0 aliphatic rings. The van der Waals surface area contributed by atoms with Crippen LogP contribution in [0.5, 0.6) is 0 Å². The standard InChI is InChI=1S/C12H18O4/c1-4-7-8-9-10(12(14)15-6-3)16-11(13)5-2/h5,9H,2,4,6-8H2,1,3H3/b10-9+. The van der Waals surface area contributed by atoms with Gasteiger partial charge in [0, 0.05) is 6.08 Å². The third-order valence-corrected chi connectivity index (χ3v) is 1.74. The molecule has 0 bridgehead atoms. The summed E-state index contributed by atoms with van der Waals surface area (Å²) in [6.07, 6.45) is 5.18. The van der Waals surface area contributed by atoms with E-state index >= 15 is 0 Å². The van der Waals surface area contributed by atoms with E-state index in [1.807, 2.05) is 6.92 Å². The molecular formula is C12H18O4. The summed E-state index contributed by atoms with van der Waals surface area (Å²) in [5.41, 5.74) is 0. The summed E-state index contributed by atoms with van der Waals surface area (Å²) in [6.45, 7) is 7.23. The summed E-state index contributed by atoms with van der Waals surface area (Å²) < 4.78 is 9.55. The van der Waals surface area contributed by atoms with Crippen LogP contribution < -0.4 is 0 Å². The van der Waals surface area contributed by atoms with E-state index in [1.54, 1.807) is 13.0 Å². The molecule has 0 rings (SSSR count). The molecule has 0 unspecified atom stereocenters. The average Bonchev–Trinajstić information content (AvgIpc) is 2.28. The number of hydrogen-bond acceptors (Lipinski definition) is 4. The summed E-state index contributed by atoms with van der Waals surface area (Å²) >= 11 is 0. The van der Waals surface area contributed by atoms with Crippen LogP contribution in [0.25, 0.3) is 0 Å².